The maximum Gasteiger partial charge on any atom is 0.127 e. The molecule has 0 bridgehead atoms. The third-order valence-electron chi connectivity index (χ3n) is 6.56. The van der Waals surface area contributed by atoms with Gasteiger partial charge in [0.15, 0.2) is 0 Å². The fourth-order valence-electron chi connectivity index (χ4n) is 5.11. The van der Waals surface area contributed by atoms with Gasteiger partial charge in [-0.15, -0.1) is 0 Å². The lowest BCUT2D eigenvalue weighted by Crippen LogP contribution is -3.29. The zero-order chi connectivity index (χ0) is 16.4. The van der Waals surface area contributed by atoms with Crippen molar-refractivity contribution in [2.45, 2.75) is 45.2 Å². The van der Waals surface area contributed by atoms with Crippen LogP contribution in [0.4, 0.5) is 0 Å². The van der Waals surface area contributed by atoms with E-state index in [0.29, 0.717) is 0 Å². The number of hydrogen-bond acceptors (Lipinski definition) is 0. The van der Waals surface area contributed by atoms with E-state index >= 15 is 0 Å². The molecule has 1 heterocycles. The first kappa shape index (κ1) is 16.1. The van der Waals surface area contributed by atoms with Gasteiger partial charge in [-0.2, -0.15) is 0 Å². The Hall–Kier alpha value is -1.38. The molecule has 1 saturated carbocycles. The minimum absolute atomic E-state index is 0.938. The molecular weight excluding hydrogens is 292 g/mol. The van der Waals surface area contributed by atoms with Crippen molar-refractivity contribution in [1.29, 1.82) is 0 Å². The van der Waals surface area contributed by atoms with Gasteiger partial charge in [0.1, 0.15) is 32.7 Å². The summed E-state index contributed by atoms with van der Waals surface area (Å²) in [7, 11) is 0. The van der Waals surface area contributed by atoms with Crippen molar-refractivity contribution in [2.75, 3.05) is 26.2 Å². The molecule has 2 aromatic carbocycles. The van der Waals surface area contributed by atoms with Crippen LogP contribution in [0.1, 0.15) is 38.2 Å². The SMILES string of the molecule is C[C@H]1CCCC[C@@H]1[NH+]1CC[NH+](Cc2cccc3ccccc23)CC1. The summed E-state index contributed by atoms with van der Waals surface area (Å²) >= 11 is 0. The average molecular weight is 325 g/mol. The van der Waals surface area contributed by atoms with Gasteiger partial charge in [-0.05, 0) is 30.0 Å². The Kier molecular flexibility index (Phi) is 4.86. The first-order valence-electron chi connectivity index (χ1n) is 9.96. The molecule has 1 saturated heterocycles. The Balaban J connectivity index is 1.39. The van der Waals surface area contributed by atoms with Crippen LogP contribution in [0.2, 0.25) is 0 Å². The Morgan fingerprint density at radius 2 is 1.62 bits per heavy atom. The highest BCUT2D eigenvalue weighted by atomic mass is 15.3. The second-order valence-corrected chi connectivity index (χ2v) is 8.09. The molecule has 24 heavy (non-hydrogen) atoms. The molecule has 128 valence electrons. The van der Waals surface area contributed by atoms with E-state index in [4.69, 9.17) is 0 Å². The van der Waals surface area contributed by atoms with E-state index in [0.717, 1.165) is 12.0 Å². The number of nitrogens with one attached hydrogen (secondary N) is 2. The highest BCUT2D eigenvalue weighted by Crippen LogP contribution is 2.22. The Labute approximate surface area is 146 Å². The van der Waals surface area contributed by atoms with Gasteiger partial charge in [-0.3, -0.25) is 0 Å². The smallest absolute Gasteiger partial charge is 0.127 e. The molecular formula is C22H32N2+2. The molecule has 1 aliphatic carbocycles. The van der Waals surface area contributed by atoms with Gasteiger partial charge in [0.25, 0.3) is 0 Å². The van der Waals surface area contributed by atoms with Gasteiger partial charge in [-0.1, -0.05) is 55.8 Å². The fraction of sp³-hybridized carbons (Fsp3) is 0.545. The lowest BCUT2D eigenvalue weighted by Gasteiger charge is -2.39. The summed E-state index contributed by atoms with van der Waals surface area (Å²) in [5.41, 5.74) is 1.53. The molecule has 2 fully saturated rings. The van der Waals surface area contributed by atoms with Crippen molar-refractivity contribution >= 4 is 10.8 Å². The molecule has 0 unspecified atom stereocenters. The lowest BCUT2D eigenvalue weighted by molar-refractivity contribution is -1.03. The standard InChI is InChI=1S/C22H30N2/c1-18-7-2-5-12-22(18)24-15-13-23(14-16-24)17-20-10-6-9-19-8-3-4-11-21(19)20/h3-4,6,8-11,18,22H,2,5,7,12-17H2,1H3/p+2/t18-,22-/m0/s1. The van der Waals surface area contributed by atoms with E-state index in [1.165, 1.54) is 74.7 Å². The minimum atomic E-state index is 0.938. The molecule has 2 N–H and O–H groups in total. The maximum absolute atomic E-state index is 2.49. The molecule has 2 heteroatoms. The fourth-order valence-corrected chi connectivity index (χ4v) is 5.11. The van der Waals surface area contributed by atoms with Crippen molar-refractivity contribution in [2.24, 2.45) is 5.92 Å². The van der Waals surface area contributed by atoms with Crippen molar-refractivity contribution in [1.82, 2.24) is 0 Å². The van der Waals surface area contributed by atoms with Crippen LogP contribution in [0, 0.1) is 5.92 Å². The van der Waals surface area contributed by atoms with Crippen molar-refractivity contribution in [3.05, 3.63) is 48.0 Å². The highest BCUT2D eigenvalue weighted by Gasteiger charge is 2.34. The monoisotopic (exact) mass is 324 g/mol. The summed E-state index contributed by atoms with van der Waals surface area (Å²) in [6.07, 6.45) is 5.85. The molecule has 0 amide bonds. The number of fused-ring (bicyclic) bond motifs is 1. The minimum Gasteiger partial charge on any atom is -0.323 e. The zero-order valence-electron chi connectivity index (χ0n) is 15.1. The average Bonchev–Trinajstić information content (AvgIpc) is 2.63. The number of quaternary nitrogens is 2. The lowest BCUT2D eigenvalue weighted by atomic mass is 9.84. The molecule has 0 spiro atoms. The van der Waals surface area contributed by atoms with Crippen molar-refractivity contribution < 1.29 is 9.80 Å². The van der Waals surface area contributed by atoms with E-state index in [-0.39, 0.29) is 0 Å². The molecule has 2 atom stereocenters. The van der Waals surface area contributed by atoms with Gasteiger partial charge in [0.2, 0.25) is 0 Å². The summed E-state index contributed by atoms with van der Waals surface area (Å²) < 4.78 is 0. The van der Waals surface area contributed by atoms with E-state index in [9.17, 15) is 0 Å². The molecule has 2 nitrogen and oxygen atoms in total. The topological polar surface area (TPSA) is 8.88 Å². The molecule has 0 radical (unpaired) electrons. The van der Waals surface area contributed by atoms with Crippen LogP contribution < -0.4 is 9.80 Å². The predicted molar refractivity (Wildman–Crippen MR) is 100 cm³/mol. The quantitative estimate of drug-likeness (QED) is 0.850. The summed E-state index contributed by atoms with van der Waals surface area (Å²) in [6, 6.07) is 16.6. The Morgan fingerprint density at radius 1 is 0.875 bits per heavy atom. The summed E-state index contributed by atoms with van der Waals surface area (Å²) in [4.78, 5) is 3.68. The van der Waals surface area contributed by atoms with E-state index in [2.05, 4.69) is 49.4 Å². The molecule has 2 aliphatic rings. The molecule has 0 aromatic heterocycles. The second-order valence-electron chi connectivity index (χ2n) is 8.09. The van der Waals surface area contributed by atoms with Crippen LogP contribution >= 0.6 is 0 Å². The predicted octanol–water partition coefficient (Wildman–Crippen LogP) is 1.70. The second kappa shape index (κ2) is 7.25. The van der Waals surface area contributed by atoms with E-state index in [1.807, 2.05) is 4.90 Å². The first-order chi connectivity index (χ1) is 11.8. The molecule has 4 rings (SSSR count). The summed E-state index contributed by atoms with van der Waals surface area (Å²) in [5, 5.41) is 2.83. The van der Waals surface area contributed by atoms with Crippen LogP contribution in [-0.2, 0) is 6.54 Å². The first-order valence-corrected chi connectivity index (χ1v) is 9.96. The number of benzene rings is 2. The maximum atomic E-state index is 2.49. The van der Waals surface area contributed by atoms with Crippen LogP contribution in [0.15, 0.2) is 42.5 Å². The normalized spacial score (nSPS) is 31.2. The van der Waals surface area contributed by atoms with E-state index in [1.54, 1.807) is 4.90 Å². The van der Waals surface area contributed by atoms with Crippen LogP contribution in [0.25, 0.3) is 10.8 Å². The largest absolute Gasteiger partial charge is 0.323 e. The van der Waals surface area contributed by atoms with Crippen molar-refractivity contribution in [3.8, 4) is 0 Å². The zero-order valence-corrected chi connectivity index (χ0v) is 15.1. The van der Waals surface area contributed by atoms with Gasteiger partial charge >= 0.3 is 0 Å². The van der Waals surface area contributed by atoms with Crippen LogP contribution in [0.5, 0.6) is 0 Å². The van der Waals surface area contributed by atoms with Crippen LogP contribution in [-0.4, -0.2) is 32.2 Å². The van der Waals surface area contributed by atoms with Crippen molar-refractivity contribution in [3.63, 3.8) is 0 Å². The molecule has 2 aromatic rings. The highest BCUT2D eigenvalue weighted by molar-refractivity contribution is 5.85. The Morgan fingerprint density at radius 3 is 2.46 bits per heavy atom. The van der Waals surface area contributed by atoms with Gasteiger partial charge < -0.3 is 9.80 Å². The third kappa shape index (κ3) is 3.36. The van der Waals surface area contributed by atoms with Crippen LogP contribution in [0.3, 0.4) is 0 Å². The van der Waals surface area contributed by atoms with Gasteiger partial charge in [-0.25, -0.2) is 0 Å². The molecule has 1 aliphatic heterocycles. The summed E-state index contributed by atoms with van der Waals surface area (Å²) in [5.74, 6) is 0.938. The third-order valence-corrected chi connectivity index (χ3v) is 6.56. The van der Waals surface area contributed by atoms with Gasteiger partial charge in [0, 0.05) is 11.5 Å². The Bertz CT molecular complexity index is 667. The summed E-state index contributed by atoms with van der Waals surface area (Å²) in [6.45, 7) is 9.09. The number of hydrogen-bond donors (Lipinski definition) is 2. The van der Waals surface area contributed by atoms with Gasteiger partial charge in [0.05, 0.1) is 6.04 Å². The number of piperazine rings is 1. The number of rotatable bonds is 3. The van der Waals surface area contributed by atoms with E-state index < -0.39 is 0 Å².